The molecule has 0 bridgehead atoms. The third kappa shape index (κ3) is 5.76. The Hall–Kier alpha value is -2.24. The number of carboxylic acid groups (broad SMARTS) is 1. The first-order valence-electron chi connectivity index (χ1n) is 6.04. The Bertz CT molecular complexity index is 448. The van der Waals surface area contributed by atoms with Crippen molar-refractivity contribution in [2.24, 2.45) is 0 Å². The summed E-state index contributed by atoms with van der Waals surface area (Å²) in [6, 6.07) is 6.04. The largest absolute Gasteiger partial charge is 0.508 e. The highest BCUT2D eigenvalue weighted by Crippen LogP contribution is 2.17. The number of hydrogen-bond acceptors (Lipinski definition) is 3. The summed E-state index contributed by atoms with van der Waals surface area (Å²) < 4.78 is 0. The van der Waals surface area contributed by atoms with Crippen molar-refractivity contribution in [3.63, 3.8) is 0 Å². The van der Waals surface area contributed by atoms with Crippen LogP contribution < -0.4 is 10.6 Å². The lowest BCUT2D eigenvalue weighted by atomic mass is 10.1. The minimum Gasteiger partial charge on any atom is -0.508 e. The second-order valence-corrected chi connectivity index (χ2v) is 4.21. The van der Waals surface area contributed by atoms with Gasteiger partial charge in [0.1, 0.15) is 5.75 Å². The molecule has 0 aliphatic rings. The highest BCUT2D eigenvalue weighted by atomic mass is 16.4. The highest BCUT2D eigenvalue weighted by Gasteiger charge is 2.09. The summed E-state index contributed by atoms with van der Waals surface area (Å²) in [7, 11) is 0. The molecule has 0 unspecified atom stereocenters. The maximum Gasteiger partial charge on any atom is 0.315 e. The monoisotopic (exact) mass is 266 g/mol. The highest BCUT2D eigenvalue weighted by molar-refractivity contribution is 5.74. The smallest absolute Gasteiger partial charge is 0.315 e. The van der Waals surface area contributed by atoms with Crippen molar-refractivity contribution < 1.29 is 19.8 Å². The van der Waals surface area contributed by atoms with Crippen molar-refractivity contribution in [3.05, 3.63) is 29.8 Å². The number of benzene rings is 1. The van der Waals surface area contributed by atoms with Crippen LogP contribution in [0.15, 0.2) is 24.3 Å². The lowest BCUT2D eigenvalue weighted by Gasteiger charge is -2.15. The fourth-order valence-electron chi connectivity index (χ4n) is 1.57. The van der Waals surface area contributed by atoms with Gasteiger partial charge in [-0.3, -0.25) is 4.79 Å². The fraction of sp³-hybridized carbons (Fsp3) is 0.385. The lowest BCUT2D eigenvalue weighted by Crippen LogP contribution is -2.37. The number of rotatable bonds is 6. The maximum atomic E-state index is 11.5. The average molecular weight is 266 g/mol. The predicted molar refractivity (Wildman–Crippen MR) is 69.9 cm³/mol. The Balaban J connectivity index is 2.34. The van der Waals surface area contributed by atoms with Gasteiger partial charge < -0.3 is 20.8 Å². The lowest BCUT2D eigenvalue weighted by molar-refractivity contribution is -0.137. The van der Waals surface area contributed by atoms with Crippen LogP contribution in [0.5, 0.6) is 5.75 Å². The minimum absolute atomic E-state index is 0.0302. The summed E-state index contributed by atoms with van der Waals surface area (Å²) in [6.07, 6.45) is 0.422. The van der Waals surface area contributed by atoms with Crippen LogP contribution in [0.1, 0.15) is 31.4 Å². The van der Waals surface area contributed by atoms with Crippen LogP contribution in [0, 0.1) is 0 Å². The summed E-state index contributed by atoms with van der Waals surface area (Å²) in [6.45, 7) is 2.11. The molecular formula is C13H18N2O4. The molecule has 0 saturated carbocycles. The van der Waals surface area contributed by atoms with Crippen molar-refractivity contribution in [3.8, 4) is 5.75 Å². The van der Waals surface area contributed by atoms with Gasteiger partial charge in [-0.05, 0) is 31.0 Å². The van der Waals surface area contributed by atoms with Gasteiger partial charge in [0, 0.05) is 13.0 Å². The van der Waals surface area contributed by atoms with Crippen molar-refractivity contribution in [1.29, 1.82) is 0 Å². The van der Waals surface area contributed by atoms with E-state index in [0.29, 0.717) is 13.0 Å². The molecule has 0 spiro atoms. The fourth-order valence-corrected chi connectivity index (χ4v) is 1.57. The predicted octanol–water partition coefficient (Wildman–Crippen LogP) is 1.62. The van der Waals surface area contributed by atoms with E-state index < -0.39 is 5.97 Å². The van der Waals surface area contributed by atoms with Gasteiger partial charge in [0.15, 0.2) is 0 Å². The van der Waals surface area contributed by atoms with Gasteiger partial charge in [-0.15, -0.1) is 0 Å². The van der Waals surface area contributed by atoms with Gasteiger partial charge in [0.2, 0.25) is 0 Å². The first-order chi connectivity index (χ1) is 8.99. The molecule has 0 saturated heterocycles. The molecule has 0 heterocycles. The number of nitrogens with one attached hydrogen (secondary N) is 2. The molecule has 19 heavy (non-hydrogen) atoms. The number of carbonyl (C=O) groups is 2. The van der Waals surface area contributed by atoms with Gasteiger partial charge >= 0.3 is 12.0 Å². The van der Waals surface area contributed by atoms with Gasteiger partial charge in [-0.25, -0.2) is 4.79 Å². The number of aromatic hydroxyl groups is 1. The van der Waals surface area contributed by atoms with Crippen LogP contribution in [0.25, 0.3) is 0 Å². The van der Waals surface area contributed by atoms with Crippen LogP contribution in [0.3, 0.4) is 0 Å². The van der Waals surface area contributed by atoms with Crippen molar-refractivity contribution in [2.45, 2.75) is 25.8 Å². The molecule has 1 rings (SSSR count). The second-order valence-electron chi connectivity index (χ2n) is 4.21. The summed E-state index contributed by atoms with van der Waals surface area (Å²) in [4.78, 5) is 21.8. The number of hydrogen-bond donors (Lipinski definition) is 4. The minimum atomic E-state index is -0.879. The number of aliphatic carboxylic acids is 1. The van der Waals surface area contributed by atoms with E-state index in [0.717, 1.165) is 5.56 Å². The molecule has 0 aliphatic carbocycles. The zero-order chi connectivity index (χ0) is 14.3. The third-order valence-corrected chi connectivity index (χ3v) is 2.57. The normalized spacial score (nSPS) is 11.6. The second kappa shape index (κ2) is 7.25. The first-order valence-corrected chi connectivity index (χ1v) is 6.04. The van der Waals surface area contributed by atoms with Crippen molar-refractivity contribution in [1.82, 2.24) is 10.6 Å². The summed E-state index contributed by atoms with van der Waals surface area (Å²) >= 11 is 0. The molecule has 6 heteroatoms. The Morgan fingerprint density at radius 3 is 2.74 bits per heavy atom. The molecule has 2 amide bonds. The van der Waals surface area contributed by atoms with E-state index in [1.54, 1.807) is 31.2 Å². The van der Waals surface area contributed by atoms with E-state index in [-0.39, 0.29) is 24.2 Å². The number of phenolic OH excluding ortho intramolecular Hbond substituents is 1. The van der Waals surface area contributed by atoms with Crippen molar-refractivity contribution in [2.75, 3.05) is 6.54 Å². The number of phenols is 1. The topological polar surface area (TPSA) is 98.7 Å². The number of urea groups is 1. The Kier molecular flexibility index (Phi) is 5.66. The molecule has 0 fully saturated rings. The summed E-state index contributed by atoms with van der Waals surface area (Å²) in [5.74, 6) is -0.733. The molecule has 1 aromatic carbocycles. The average Bonchev–Trinajstić information content (AvgIpc) is 2.34. The number of amides is 2. The third-order valence-electron chi connectivity index (χ3n) is 2.57. The van der Waals surface area contributed by atoms with Gasteiger partial charge in [0.25, 0.3) is 0 Å². The molecule has 4 N–H and O–H groups in total. The molecular weight excluding hydrogens is 248 g/mol. The maximum absolute atomic E-state index is 11.5. The Morgan fingerprint density at radius 1 is 1.37 bits per heavy atom. The standard InChI is InChI=1S/C13H18N2O4/c1-9(10-4-2-5-11(16)8-10)15-13(19)14-7-3-6-12(17)18/h2,4-5,8-9,16H,3,6-7H2,1H3,(H,17,18)(H2,14,15,19)/t9-/m1/s1. The molecule has 1 aromatic rings. The van der Waals surface area contributed by atoms with Crippen LogP contribution in [-0.2, 0) is 4.79 Å². The van der Waals surface area contributed by atoms with Crippen LogP contribution in [0.4, 0.5) is 4.79 Å². The molecule has 104 valence electrons. The van der Waals surface area contributed by atoms with Crippen LogP contribution in [0.2, 0.25) is 0 Å². The Labute approximate surface area is 111 Å². The summed E-state index contributed by atoms with van der Waals surface area (Å²) in [5.41, 5.74) is 0.792. The quantitative estimate of drug-likeness (QED) is 0.588. The molecule has 0 aliphatic heterocycles. The van der Waals surface area contributed by atoms with E-state index >= 15 is 0 Å². The summed E-state index contributed by atoms with van der Waals surface area (Å²) in [5, 5.41) is 23.1. The van der Waals surface area contributed by atoms with E-state index in [9.17, 15) is 14.7 Å². The van der Waals surface area contributed by atoms with Gasteiger partial charge in [0.05, 0.1) is 6.04 Å². The van der Waals surface area contributed by atoms with Gasteiger partial charge in [-0.2, -0.15) is 0 Å². The first kappa shape index (κ1) is 14.8. The van der Waals surface area contributed by atoms with Crippen LogP contribution >= 0.6 is 0 Å². The van der Waals surface area contributed by atoms with Crippen molar-refractivity contribution >= 4 is 12.0 Å². The molecule has 0 aromatic heterocycles. The van der Waals surface area contributed by atoms with E-state index in [2.05, 4.69) is 10.6 Å². The zero-order valence-electron chi connectivity index (χ0n) is 10.7. The zero-order valence-corrected chi connectivity index (χ0v) is 10.7. The van der Waals surface area contributed by atoms with E-state index in [1.165, 1.54) is 0 Å². The van der Waals surface area contributed by atoms with E-state index in [1.807, 2.05) is 0 Å². The number of carbonyl (C=O) groups excluding carboxylic acids is 1. The van der Waals surface area contributed by atoms with E-state index in [4.69, 9.17) is 5.11 Å². The van der Waals surface area contributed by atoms with Gasteiger partial charge in [-0.1, -0.05) is 12.1 Å². The molecule has 1 atom stereocenters. The SMILES string of the molecule is C[C@@H](NC(=O)NCCCC(=O)O)c1cccc(O)c1. The molecule has 0 radical (unpaired) electrons. The van der Waals surface area contributed by atoms with Crippen LogP contribution in [-0.4, -0.2) is 28.8 Å². The molecule has 6 nitrogen and oxygen atoms in total. The number of carboxylic acids is 1. The Morgan fingerprint density at radius 2 is 2.11 bits per heavy atom.